The Bertz CT molecular complexity index is 1320. The number of imidazole rings is 1. The summed E-state index contributed by atoms with van der Waals surface area (Å²) in [5, 5.41) is 10.3. The Balaban J connectivity index is 1.50. The number of amides is 1. The number of carbonyl (C=O) groups is 1. The molecule has 1 aliphatic rings. The number of nitrogens with zero attached hydrogens (tertiary/aromatic N) is 6. The van der Waals surface area contributed by atoms with Crippen molar-refractivity contribution in [1.82, 2.24) is 40.0 Å². The number of H-pyrrole nitrogens is 1. The zero-order valence-electron chi connectivity index (χ0n) is 19.7. The highest BCUT2D eigenvalue weighted by molar-refractivity contribution is 7.17. The van der Waals surface area contributed by atoms with Crippen LogP contribution in [-0.2, 0) is 11.2 Å². The minimum atomic E-state index is -0.211. The molecule has 0 spiro atoms. The van der Waals surface area contributed by atoms with Gasteiger partial charge in [0.05, 0.1) is 24.0 Å². The molecular formula is C23H27ClN8O2S. The summed E-state index contributed by atoms with van der Waals surface area (Å²) >= 11 is 7.15. The van der Waals surface area contributed by atoms with E-state index in [1.807, 2.05) is 6.07 Å². The van der Waals surface area contributed by atoms with Crippen molar-refractivity contribution in [2.24, 2.45) is 5.92 Å². The largest absolute Gasteiger partial charge is 0.381 e. The van der Waals surface area contributed by atoms with Crippen molar-refractivity contribution in [3.63, 3.8) is 0 Å². The third-order valence-electron chi connectivity index (χ3n) is 6.24. The first-order valence-corrected chi connectivity index (χ1v) is 12.8. The predicted molar refractivity (Wildman–Crippen MR) is 134 cm³/mol. The molecule has 0 bridgehead atoms. The van der Waals surface area contributed by atoms with Gasteiger partial charge in [-0.1, -0.05) is 36.8 Å². The first-order valence-electron chi connectivity index (χ1n) is 11.6. The first-order chi connectivity index (χ1) is 16.9. The molecule has 3 atom stereocenters. The number of methoxy groups -OCH3 is 1. The lowest BCUT2D eigenvalue weighted by atomic mass is 9.88. The maximum absolute atomic E-state index is 12.8. The van der Waals surface area contributed by atoms with Crippen LogP contribution in [0.15, 0.2) is 24.8 Å². The molecular weight excluding hydrogens is 488 g/mol. The topological polar surface area (TPSA) is 124 Å². The van der Waals surface area contributed by atoms with Gasteiger partial charge < -0.3 is 14.6 Å². The van der Waals surface area contributed by atoms with E-state index in [2.05, 4.69) is 48.9 Å². The number of pyridine rings is 1. The number of hydrogen-bond donors (Lipinski definition) is 2. The molecule has 2 N–H and O–H groups in total. The number of hydrogen-bond acceptors (Lipinski definition) is 8. The van der Waals surface area contributed by atoms with Crippen molar-refractivity contribution in [3.05, 3.63) is 40.0 Å². The molecule has 0 saturated heterocycles. The Kier molecular flexibility index (Phi) is 6.81. The van der Waals surface area contributed by atoms with Crippen LogP contribution in [0.5, 0.6) is 0 Å². The van der Waals surface area contributed by atoms with E-state index in [1.165, 1.54) is 23.9 Å². The lowest BCUT2D eigenvalue weighted by Crippen LogP contribution is -2.43. The Hall–Kier alpha value is -2.89. The number of rotatable bonds is 7. The normalized spacial score (nSPS) is 20.5. The van der Waals surface area contributed by atoms with E-state index in [0.717, 1.165) is 42.5 Å². The van der Waals surface area contributed by atoms with Gasteiger partial charge in [0.25, 0.3) is 5.91 Å². The van der Waals surface area contributed by atoms with Gasteiger partial charge in [0.2, 0.25) is 0 Å². The van der Waals surface area contributed by atoms with Crippen LogP contribution in [0, 0.1) is 5.92 Å². The van der Waals surface area contributed by atoms with E-state index in [9.17, 15) is 4.79 Å². The van der Waals surface area contributed by atoms with Gasteiger partial charge in [-0.15, -0.1) is 0 Å². The van der Waals surface area contributed by atoms with Gasteiger partial charge in [-0.2, -0.15) is 5.10 Å². The number of aromatic amines is 1. The zero-order valence-corrected chi connectivity index (χ0v) is 21.3. The summed E-state index contributed by atoms with van der Waals surface area (Å²) in [6.07, 6.45) is 7.89. The summed E-state index contributed by atoms with van der Waals surface area (Å²) in [4.78, 5) is 30.7. The summed E-state index contributed by atoms with van der Waals surface area (Å²) < 4.78 is 8.60. The van der Waals surface area contributed by atoms with E-state index >= 15 is 0 Å². The smallest absolute Gasteiger partial charge is 0.280 e. The van der Waals surface area contributed by atoms with Crippen molar-refractivity contribution in [1.29, 1.82) is 0 Å². The van der Waals surface area contributed by atoms with Crippen molar-refractivity contribution >= 4 is 39.9 Å². The van der Waals surface area contributed by atoms with Gasteiger partial charge >= 0.3 is 0 Å². The van der Waals surface area contributed by atoms with E-state index < -0.39 is 0 Å². The Morgan fingerprint density at radius 2 is 2.14 bits per heavy atom. The van der Waals surface area contributed by atoms with Gasteiger partial charge in [0.15, 0.2) is 10.8 Å². The van der Waals surface area contributed by atoms with Gasteiger partial charge in [0, 0.05) is 25.6 Å². The molecule has 10 nitrogen and oxygen atoms in total. The number of carbonyl (C=O) groups excluding carboxylic acids is 1. The second kappa shape index (κ2) is 10.00. The molecule has 0 aromatic carbocycles. The van der Waals surface area contributed by atoms with Crippen LogP contribution in [0.4, 0.5) is 0 Å². The molecule has 184 valence electrons. The van der Waals surface area contributed by atoms with E-state index in [-0.39, 0.29) is 24.1 Å². The van der Waals surface area contributed by atoms with Gasteiger partial charge in [-0.3, -0.25) is 14.9 Å². The molecule has 4 heterocycles. The average Bonchev–Trinajstić information content (AvgIpc) is 3.57. The van der Waals surface area contributed by atoms with Gasteiger partial charge in [-0.25, -0.2) is 15.0 Å². The van der Waals surface area contributed by atoms with Crippen molar-refractivity contribution < 1.29 is 9.53 Å². The number of fused-ring (bicyclic) bond motifs is 1. The van der Waals surface area contributed by atoms with Crippen LogP contribution >= 0.6 is 22.9 Å². The molecule has 0 aliphatic heterocycles. The fourth-order valence-electron chi connectivity index (χ4n) is 4.79. The Morgan fingerprint density at radius 1 is 1.29 bits per heavy atom. The molecule has 12 heteroatoms. The van der Waals surface area contributed by atoms with E-state index in [4.69, 9.17) is 21.3 Å². The highest BCUT2D eigenvalue weighted by atomic mass is 35.5. The van der Waals surface area contributed by atoms with Gasteiger partial charge in [0.1, 0.15) is 27.7 Å². The van der Waals surface area contributed by atoms with Crippen LogP contribution < -0.4 is 5.32 Å². The molecule has 4 aromatic rings. The highest BCUT2D eigenvalue weighted by Crippen LogP contribution is 2.35. The van der Waals surface area contributed by atoms with Crippen molar-refractivity contribution in [2.45, 2.75) is 57.7 Å². The third kappa shape index (κ3) is 5.07. The fourth-order valence-corrected chi connectivity index (χ4v) is 5.60. The minimum Gasteiger partial charge on any atom is -0.381 e. The SMILES string of the molecule is COC1CC(NC(=O)c2ncc(Cl)s2)CC(n2c(CC(C)C)nc3cnc(-c4ncn[nH]4)cc32)C1. The second-order valence-corrected chi connectivity index (χ2v) is 10.9. The van der Waals surface area contributed by atoms with Crippen LogP contribution in [-0.4, -0.2) is 59.9 Å². The molecule has 35 heavy (non-hydrogen) atoms. The maximum Gasteiger partial charge on any atom is 0.280 e. The molecule has 1 saturated carbocycles. The fraction of sp³-hybridized carbons (Fsp3) is 0.478. The third-order valence-corrected chi connectivity index (χ3v) is 7.36. The summed E-state index contributed by atoms with van der Waals surface area (Å²) in [6, 6.07) is 2.02. The van der Waals surface area contributed by atoms with Gasteiger partial charge in [-0.05, 0) is 31.2 Å². The Morgan fingerprint density at radius 3 is 2.83 bits per heavy atom. The molecule has 0 radical (unpaired) electrons. The molecule has 1 amide bonds. The average molecular weight is 515 g/mol. The number of nitrogens with one attached hydrogen (secondary N) is 2. The van der Waals surface area contributed by atoms with Crippen molar-refractivity contribution in [2.75, 3.05) is 7.11 Å². The predicted octanol–water partition coefficient (Wildman–Crippen LogP) is 4.06. The van der Waals surface area contributed by atoms with Crippen LogP contribution in [0.2, 0.25) is 4.34 Å². The number of halogens is 1. The zero-order chi connectivity index (χ0) is 24.5. The first kappa shape index (κ1) is 23.8. The lowest BCUT2D eigenvalue weighted by Gasteiger charge is -2.36. The summed E-state index contributed by atoms with van der Waals surface area (Å²) in [5.74, 6) is 1.83. The molecule has 4 aromatic heterocycles. The molecule has 1 fully saturated rings. The van der Waals surface area contributed by atoms with Crippen LogP contribution in [0.25, 0.3) is 22.6 Å². The van der Waals surface area contributed by atoms with E-state index in [1.54, 1.807) is 13.3 Å². The minimum absolute atomic E-state index is 0.00105. The Labute approximate surface area is 211 Å². The molecule has 3 unspecified atom stereocenters. The maximum atomic E-state index is 12.8. The second-order valence-electron chi connectivity index (χ2n) is 9.25. The monoisotopic (exact) mass is 514 g/mol. The van der Waals surface area contributed by atoms with Crippen molar-refractivity contribution in [3.8, 4) is 11.5 Å². The molecule has 1 aliphatic carbocycles. The standard InChI is InChI=1S/C23H27ClN8O2S/c1-12(2)4-20-30-17-9-25-16(21-27-11-28-31-21)8-18(17)32(20)14-5-13(6-15(7-14)34-3)29-22(33)23-26-10-19(24)35-23/h8-15H,4-7H2,1-3H3,(H,29,33)(H,27,28,31). The van der Waals surface area contributed by atoms with Crippen LogP contribution in [0.3, 0.4) is 0 Å². The quantitative estimate of drug-likeness (QED) is 0.381. The summed E-state index contributed by atoms with van der Waals surface area (Å²) in [5.41, 5.74) is 2.53. The lowest BCUT2D eigenvalue weighted by molar-refractivity contribution is 0.0390. The van der Waals surface area contributed by atoms with E-state index in [0.29, 0.717) is 26.8 Å². The summed E-state index contributed by atoms with van der Waals surface area (Å²) in [7, 11) is 1.72. The highest BCUT2D eigenvalue weighted by Gasteiger charge is 2.33. The molecule has 5 rings (SSSR count). The number of aromatic nitrogens is 7. The summed E-state index contributed by atoms with van der Waals surface area (Å²) in [6.45, 7) is 4.37. The number of ether oxygens (including phenoxy) is 1. The number of thiazole rings is 1. The van der Waals surface area contributed by atoms with Crippen LogP contribution in [0.1, 0.15) is 54.8 Å².